The fraction of sp³-hybridized carbons (Fsp3) is 0.538. The maximum atomic E-state index is 14.1. The van der Waals surface area contributed by atoms with Crippen molar-refractivity contribution in [1.82, 2.24) is 0 Å². The number of benzene rings is 1. The Morgan fingerprint density at radius 3 is 2.47 bits per heavy atom. The zero-order valence-corrected chi connectivity index (χ0v) is 18.5. The van der Waals surface area contributed by atoms with Crippen molar-refractivity contribution in [2.45, 2.75) is 32.8 Å². The normalized spacial score (nSPS) is 41.7. The SMILES string of the molecule is COC(=O)C12C(=O)C3C4CC(CC4=O)C3C(OC(=O)c3ccccc3)C1C(C)C=CC2C. The van der Waals surface area contributed by atoms with Gasteiger partial charge < -0.3 is 9.47 Å². The van der Waals surface area contributed by atoms with Crippen LogP contribution in [0, 0.1) is 46.8 Å². The highest BCUT2D eigenvalue weighted by molar-refractivity contribution is 6.09. The van der Waals surface area contributed by atoms with Crippen molar-refractivity contribution in [2.75, 3.05) is 7.11 Å². The van der Waals surface area contributed by atoms with Gasteiger partial charge in [0.05, 0.1) is 12.7 Å². The highest BCUT2D eigenvalue weighted by Crippen LogP contribution is 2.64. The van der Waals surface area contributed by atoms with E-state index in [1.807, 2.05) is 32.1 Å². The number of carbonyl (C=O) groups is 4. The first-order valence-electron chi connectivity index (χ1n) is 11.4. The molecule has 0 radical (unpaired) electrons. The molecule has 0 saturated heterocycles. The highest BCUT2D eigenvalue weighted by Gasteiger charge is 2.73. The van der Waals surface area contributed by atoms with Crippen molar-refractivity contribution in [1.29, 1.82) is 0 Å². The first-order valence-corrected chi connectivity index (χ1v) is 11.4. The summed E-state index contributed by atoms with van der Waals surface area (Å²) in [6, 6.07) is 8.75. The summed E-state index contributed by atoms with van der Waals surface area (Å²) in [5.41, 5.74) is -1.04. The molecule has 0 N–H and O–H groups in total. The van der Waals surface area contributed by atoms with Gasteiger partial charge in [0, 0.05) is 30.1 Å². The van der Waals surface area contributed by atoms with Crippen molar-refractivity contribution >= 4 is 23.5 Å². The number of methoxy groups -OCH3 is 1. The minimum atomic E-state index is -1.46. The predicted molar refractivity (Wildman–Crippen MR) is 114 cm³/mol. The Morgan fingerprint density at radius 1 is 1.06 bits per heavy atom. The van der Waals surface area contributed by atoms with Crippen molar-refractivity contribution in [2.24, 2.45) is 46.8 Å². The second-order valence-corrected chi connectivity index (χ2v) is 9.90. The van der Waals surface area contributed by atoms with Crippen LogP contribution in [0.1, 0.15) is 37.0 Å². The number of rotatable bonds is 3. The van der Waals surface area contributed by atoms with Gasteiger partial charge >= 0.3 is 11.9 Å². The van der Waals surface area contributed by atoms with Gasteiger partial charge in [0.2, 0.25) is 0 Å². The molecule has 1 aromatic rings. The molecule has 6 heteroatoms. The molecule has 0 heterocycles. The van der Waals surface area contributed by atoms with E-state index in [0.29, 0.717) is 18.4 Å². The van der Waals surface area contributed by atoms with E-state index in [1.54, 1.807) is 24.3 Å². The number of ether oxygens (including phenoxy) is 2. The zero-order chi connectivity index (χ0) is 22.8. The Morgan fingerprint density at radius 2 is 1.78 bits per heavy atom. The topological polar surface area (TPSA) is 86.7 Å². The first-order chi connectivity index (χ1) is 15.3. The molecule has 4 aliphatic rings. The summed E-state index contributed by atoms with van der Waals surface area (Å²) in [4.78, 5) is 53.3. The average molecular weight is 437 g/mol. The number of esters is 2. The van der Waals surface area contributed by atoms with Crippen LogP contribution in [-0.2, 0) is 23.9 Å². The smallest absolute Gasteiger partial charge is 0.338 e. The number of fused-ring (bicyclic) bond motifs is 6. The number of hydrogen-bond donors (Lipinski definition) is 0. The second-order valence-electron chi connectivity index (χ2n) is 9.90. The quantitative estimate of drug-likeness (QED) is 0.411. The minimum Gasteiger partial charge on any atom is -0.468 e. The summed E-state index contributed by atoms with van der Waals surface area (Å²) >= 11 is 0. The van der Waals surface area contributed by atoms with Gasteiger partial charge in [-0.15, -0.1) is 0 Å². The predicted octanol–water partition coefficient (Wildman–Crippen LogP) is 3.25. The molecule has 9 atom stereocenters. The Bertz CT molecular complexity index is 1010. The van der Waals surface area contributed by atoms with E-state index in [0.717, 1.165) is 0 Å². The van der Waals surface area contributed by atoms with Gasteiger partial charge in [0.15, 0.2) is 5.78 Å². The van der Waals surface area contributed by atoms with Gasteiger partial charge in [0.1, 0.15) is 17.3 Å². The Kier molecular flexibility index (Phi) is 4.88. The van der Waals surface area contributed by atoms with E-state index < -0.39 is 47.1 Å². The molecule has 168 valence electrons. The highest BCUT2D eigenvalue weighted by atomic mass is 16.5. The molecule has 0 amide bonds. The van der Waals surface area contributed by atoms with E-state index in [2.05, 4.69) is 0 Å². The standard InChI is InChI=1S/C26H28O6/c1-13-9-10-14(2)26(25(30)31-3)21(13)22(32-24(29)15-7-5-4-6-8-15)19-16-11-17(18(27)12-16)20(19)23(26)28/h4-10,13-14,16-17,19-22H,11-12H2,1-3H3. The summed E-state index contributed by atoms with van der Waals surface area (Å²) in [7, 11) is 1.29. The second kappa shape index (κ2) is 7.39. The number of allylic oxidation sites excluding steroid dienone is 2. The fourth-order valence-electron chi connectivity index (χ4n) is 7.29. The van der Waals surface area contributed by atoms with Crippen LogP contribution in [0.2, 0.25) is 0 Å². The van der Waals surface area contributed by atoms with Gasteiger partial charge in [-0.3, -0.25) is 14.4 Å². The molecule has 4 aliphatic carbocycles. The van der Waals surface area contributed by atoms with Crippen LogP contribution in [0.5, 0.6) is 0 Å². The van der Waals surface area contributed by atoms with Crippen LogP contribution in [0.4, 0.5) is 0 Å². The third kappa shape index (κ3) is 2.64. The monoisotopic (exact) mass is 436 g/mol. The van der Waals surface area contributed by atoms with Crippen LogP contribution in [0.3, 0.4) is 0 Å². The molecule has 32 heavy (non-hydrogen) atoms. The van der Waals surface area contributed by atoms with E-state index in [-0.39, 0.29) is 29.3 Å². The van der Waals surface area contributed by atoms with Gasteiger partial charge in [0.25, 0.3) is 0 Å². The summed E-state index contributed by atoms with van der Waals surface area (Å²) in [5.74, 6) is -3.55. The lowest BCUT2D eigenvalue weighted by Crippen LogP contribution is -2.67. The van der Waals surface area contributed by atoms with Crippen LogP contribution >= 0.6 is 0 Å². The first kappa shape index (κ1) is 21.1. The fourth-order valence-corrected chi connectivity index (χ4v) is 7.29. The van der Waals surface area contributed by atoms with Crippen molar-refractivity contribution in [3.8, 4) is 0 Å². The zero-order valence-electron chi connectivity index (χ0n) is 18.5. The van der Waals surface area contributed by atoms with Crippen LogP contribution < -0.4 is 0 Å². The summed E-state index contributed by atoms with van der Waals surface area (Å²) in [6.07, 6.45) is 4.29. The van der Waals surface area contributed by atoms with Crippen LogP contribution in [-0.4, -0.2) is 36.7 Å². The lowest BCUT2D eigenvalue weighted by Gasteiger charge is -2.56. The molecule has 3 saturated carbocycles. The van der Waals surface area contributed by atoms with E-state index in [1.165, 1.54) is 7.11 Å². The Labute approximate surface area is 187 Å². The van der Waals surface area contributed by atoms with E-state index >= 15 is 0 Å². The lowest BCUT2D eigenvalue weighted by atomic mass is 9.46. The Balaban J connectivity index is 1.66. The summed E-state index contributed by atoms with van der Waals surface area (Å²) in [5, 5.41) is 0. The molecule has 0 aromatic heterocycles. The molecule has 0 spiro atoms. The number of hydrogen-bond acceptors (Lipinski definition) is 6. The molecule has 2 bridgehead atoms. The summed E-state index contributed by atoms with van der Waals surface area (Å²) < 4.78 is 11.4. The van der Waals surface area contributed by atoms with Crippen LogP contribution in [0.25, 0.3) is 0 Å². The van der Waals surface area contributed by atoms with Crippen molar-refractivity contribution in [3.05, 3.63) is 48.0 Å². The Hall–Kier alpha value is -2.76. The molecule has 6 nitrogen and oxygen atoms in total. The average Bonchev–Trinajstić information content (AvgIpc) is 3.36. The van der Waals surface area contributed by atoms with Gasteiger partial charge in [-0.05, 0) is 36.3 Å². The minimum absolute atomic E-state index is 0.000850. The van der Waals surface area contributed by atoms with E-state index in [4.69, 9.17) is 9.47 Å². The maximum absolute atomic E-state index is 14.1. The number of Topliss-reactive ketones (excluding diaryl/α,β-unsaturated/α-hetero) is 2. The molecule has 0 aliphatic heterocycles. The molecule has 3 fully saturated rings. The largest absolute Gasteiger partial charge is 0.468 e. The number of ketones is 2. The van der Waals surface area contributed by atoms with Crippen molar-refractivity contribution < 1.29 is 28.7 Å². The molecular formula is C26H28O6. The van der Waals surface area contributed by atoms with Crippen molar-refractivity contribution in [3.63, 3.8) is 0 Å². The summed E-state index contributed by atoms with van der Waals surface area (Å²) in [6.45, 7) is 3.80. The molecule has 1 aromatic carbocycles. The third-order valence-electron chi connectivity index (χ3n) is 8.56. The van der Waals surface area contributed by atoms with E-state index in [9.17, 15) is 19.2 Å². The molecule has 5 rings (SSSR count). The maximum Gasteiger partial charge on any atom is 0.338 e. The van der Waals surface area contributed by atoms with Gasteiger partial charge in [-0.25, -0.2) is 4.79 Å². The molecule has 9 unspecified atom stereocenters. The lowest BCUT2D eigenvalue weighted by molar-refractivity contribution is -0.191. The van der Waals surface area contributed by atoms with Crippen LogP contribution in [0.15, 0.2) is 42.5 Å². The van der Waals surface area contributed by atoms with Gasteiger partial charge in [-0.1, -0.05) is 44.2 Å². The number of carbonyl (C=O) groups excluding carboxylic acids is 4. The molecular weight excluding hydrogens is 408 g/mol. The van der Waals surface area contributed by atoms with Gasteiger partial charge in [-0.2, -0.15) is 0 Å². The third-order valence-corrected chi connectivity index (χ3v) is 8.56.